The van der Waals surface area contributed by atoms with Crippen LogP contribution < -0.4 is 4.90 Å². The van der Waals surface area contributed by atoms with E-state index < -0.39 is 5.92 Å². The molecule has 0 bridgehead atoms. The molecule has 1 aromatic rings. The SMILES string of the molecule is Cc1ccc(N2CCC(C(=O)N3CCC[C@@H]3CO)C2=O)cc1. The van der Waals surface area contributed by atoms with Crippen LogP contribution in [0.15, 0.2) is 24.3 Å². The second-order valence-corrected chi connectivity index (χ2v) is 6.18. The predicted octanol–water partition coefficient (Wildman–Crippen LogP) is 1.33. The first-order valence-corrected chi connectivity index (χ1v) is 7.91. The van der Waals surface area contributed by atoms with Crippen LogP contribution in [0.1, 0.15) is 24.8 Å². The van der Waals surface area contributed by atoms with Crippen molar-refractivity contribution in [1.29, 1.82) is 0 Å². The van der Waals surface area contributed by atoms with E-state index in [1.807, 2.05) is 31.2 Å². The molecule has 118 valence electrons. The molecule has 5 heteroatoms. The van der Waals surface area contributed by atoms with Crippen LogP contribution in [0.5, 0.6) is 0 Å². The van der Waals surface area contributed by atoms with Crippen molar-refractivity contribution in [3.8, 4) is 0 Å². The molecule has 1 aromatic carbocycles. The van der Waals surface area contributed by atoms with E-state index >= 15 is 0 Å². The Morgan fingerprint density at radius 3 is 2.64 bits per heavy atom. The van der Waals surface area contributed by atoms with Crippen LogP contribution >= 0.6 is 0 Å². The van der Waals surface area contributed by atoms with E-state index in [2.05, 4.69) is 0 Å². The normalized spacial score (nSPS) is 25.1. The van der Waals surface area contributed by atoms with Gasteiger partial charge < -0.3 is 14.9 Å². The zero-order chi connectivity index (χ0) is 15.7. The summed E-state index contributed by atoms with van der Waals surface area (Å²) in [6, 6.07) is 7.67. The Bertz CT molecular complexity index is 570. The number of hydrogen-bond donors (Lipinski definition) is 1. The van der Waals surface area contributed by atoms with Gasteiger partial charge in [0.05, 0.1) is 12.6 Å². The Labute approximate surface area is 130 Å². The lowest BCUT2D eigenvalue weighted by molar-refractivity contribution is -0.141. The van der Waals surface area contributed by atoms with Gasteiger partial charge in [-0.05, 0) is 38.3 Å². The number of aryl methyl sites for hydroxylation is 1. The zero-order valence-electron chi connectivity index (χ0n) is 12.9. The molecule has 2 aliphatic heterocycles. The van der Waals surface area contributed by atoms with Gasteiger partial charge in [0.2, 0.25) is 11.8 Å². The van der Waals surface area contributed by atoms with Crippen molar-refractivity contribution < 1.29 is 14.7 Å². The van der Waals surface area contributed by atoms with E-state index in [1.165, 1.54) is 0 Å². The fraction of sp³-hybridized carbons (Fsp3) is 0.529. The van der Waals surface area contributed by atoms with Crippen molar-refractivity contribution in [2.24, 2.45) is 5.92 Å². The summed E-state index contributed by atoms with van der Waals surface area (Å²) in [6.07, 6.45) is 2.28. The largest absolute Gasteiger partial charge is 0.394 e. The second-order valence-electron chi connectivity index (χ2n) is 6.18. The average Bonchev–Trinajstić information content (AvgIpc) is 3.14. The molecule has 5 nitrogen and oxygen atoms in total. The predicted molar refractivity (Wildman–Crippen MR) is 83.5 cm³/mol. The number of amides is 2. The molecule has 2 atom stereocenters. The molecule has 0 aliphatic carbocycles. The second kappa shape index (κ2) is 6.08. The number of aliphatic hydroxyl groups is 1. The first kappa shape index (κ1) is 15.0. The molecule has 2 fully saturated rings. The van der Waals surface area contributed by atoms with Gasteiger partial charge in [0, 0.05) is 18.8 Å². The summed E-state index contributed by atoms with van der Waals surface area (Å²) in [5, 5.41) is 9.36. The number of carbonyl (C=O) groups is 2. The lowest BCUT2D eigenvalue weighted by atomic mass is 10.1. The van der Waals surface area contributed by atoms with Gasteiger partial charge in [0.15, 0.2) is 0 Å². The van der Waals surface area contributed by atoms with E-state index in [1.54, 1.807) is 9.80 Å². The third-order valence-corrected chi connectivity index (χ3v) is 4.72. The Morgan fingerprint density at radius 1 is 1.23 bits per heavy atom. The van der Waals surface area contributed by atoms with Crippen LogP contribution in [-0.4, -0.2) is 47.6 Å². The molecule has 2 aliphatic rings. The molecule has 0 aromatic heterocycles. The molecule has 0 spiro atoms. The van der Waals surface area contributed by atoms with E-state index in [4.69, 9.17) is 0 Å². The number of rotatable bonds is 3. The summed E-state index contributed by atoms with van der Waals surface area (Å²) in [5.74, 6) is -0.818. The van der Waals surface area contributed by atoms with Gasteiger partial charge in [-0.1, -0.05) is 17.7 Å². The van der Waals surface area contributed by atoms with Crippen molar-refractivity contribution in [2.75, 3.05) is 24.6 Å². The number of benzene rings is 1. The molecule has 22 heavy (non-hydrogen) atoms. The Kier molecular flexibility index (Phi) is 4.16. The summed E-state index contributed by atoms with van der Waals surface area (Å²) in [4.78, 5) is 28.6. The van der Waals surface area contributed by atoms with Crippen molar-refractivity contribution in [2.45, 2.75) is 32.2 Å². The third kappa shape index (κ3) is 2.61. The molecular weight excluding hydrogens is 280 g/mol. The highest BCUT2D eigenvalue weighted by atomic mass is 16.3. The number of anilines is 1. The minimum absolute atomic E-state index is 0.0195. The lowest BCUT2D eigenvalue weighted by Gasteiger charge is -2.25. The topological polar surface area (TPSA) is 60.9 Å². The highest BCUT2D eigenvalue weighted by molar-refractivity contribution is 6.09. The molecule has 0 radical (unpaired) electrons. The van der Waals surface area contributed by atoms with Crippen LogP contribution in [0, 0.1) is 12.8 Å². The van der Waals surface area contributed by atoms with Gasteiger partial charge >= 0.3 is 0 Å². The fourth-order valence-corrected chi connectivity index (χ4v) is 3.41. The maximum atomic E-state index is 12.6. The zero-order valence-corrected chi connectivity index (χ0v) is 12.9. The molecule has 2 saturated heterocycles. The summed E-state index contributed by atoms with van der Waals surface area (Å²) < 4.78 is 0. The van der Waals surface area contributed by atoms with E-state index in [9.17, 15) is 14.7 Å². The maximum Gasteiger partial charge on any atom is 0.239 e. The first-order chi connectivity index (χ1) is 10.6. The quantitative estimate of drug-likeness (QED) is 0.857. The smallest absolute Gasteiger partial charge is 0.239 e. The Hall–Kier alpha value is -1.88. The molecular formula is C17H22N2O3. The van der Waals surface area contributed by atoms with Crippen molar-refractivity contribution in [3.63, 3.8) is 0 Å². The number of hydrogen-bond acceptors (Lipinski definition) is 3. The van der Waals surface area contributed by atoms with Gasteiger partial charge in [0.1, 0.15) is 5.92 Å². The number of nitrogens with zero attached hydrogens (tertiary/aromatic N) is 2. The summed E-state index contributed by atoms with van der Waals surface area (Å²) >= 11 is 0. The van der Waals surface area contributed by atoms with Crippen molar-refractivity contribution >= 4 is 17.5 Å². The molecule has 1 unspecified atom stereocenters. The third-order valence-electron chi connectivity index (χ3n) is 4.72. The van der Waals surface area contributed by atoms with Gasteiger partial charge in [-0.3, -0.25) is 9.59 Å². The van der Waals surface area contributed by atoms with Crippen LogP contribution in [0.25, 0.3) is 0 Å². The minimum atomic E-state index is -0.589. The van der Waals surface area contributed by atoms with E-state index in [0.717, 1.165) is 24.1 Å². The minimum Gasteiger partial charge on any atom is -0.394 e. The van der Waals surface area contributed by atoms with Gasteiger partial charge in [-0.15, -0.1) is 0 Å². The molecule has 2 heterocycles. The maximum absolute atomic E-state index is 12.6. The molecule has 1 N–H and O–H groups in total. The first-order valence-electron chi connectivity index (χ1n) is 7.91. The number of aliphatic hydroxyl groups excluding tert-OH is 1. The summed E-state index contributed by atoms with van der Waals surface area (Å²) in [7, 11) is 0. The van der Waals surface area contributed by atoms with Crippen molar-refractivity contribution in [3.05, 3.63) is 29.8 Å². The van der Waals surface area contributed by atoms with Gasteiger partial charge in [-0.2, -0.15) is 0 Å². The summed E-state index contributed by atoms with van der Waals surface area (Å²) in [5.41, 5.74) is 2.00. The standard InChI is InChI=1S/C17H22N2O3/c1-12-4-6-13(7-5-12)19-10-8-15(17(19)22)16(21)18-9-2-3-14(18)11-20/h4-7,14-15,20H,2-3,8-11H2,1H3/t14-,15?/m1/s1. The molecule has 3 rings (SSSR count). The van der Waals surface area contributed by atoms with E-state index in [0.29, 0.717) is 19.5 Å². The monoisotopic (exact) mass is 302 g/mol. The van der Waals surface area contributed by atoms with Crippen LogP contribution in [0.4, 0.5) is 5.69 Å². The summed E-state index contributed by atoms with van der Waals surface area (Å²) in [6.45, 7) is 3.22. The lowest BCUT2D eigenvalue weighted by Crippen LogP contribution is -2.43. The fourth-order valence-electron chi connectivity index (χ4n) is 3.41. The molecule has 2 amide bonds. The highest BCUT2D eigenvalue weighted by Gasteiger charge is 2.42. The Balaban J connectivity index is 1.73. The van der Waals surface area contributed by atoms with E-state index in [-0.39, 0.29) is 24.5 Å². The van der Waals surface area contributed by atoms with Crippen molar-refractivity contribution in [1.82, 2.24) is 4.90 Å². The van der Waals surface area contributed by atoms with Crippen LogP contribution in [0.3, 0.4) is 0 Å². The van der Waals surface area contributed by atoms with Gasteiger partial charge in [-0.25, -0.2) is 0 Å². The van der Waals surface area contributed by atoms with Gasteiger partial charge in [0.25, 0.3) is 0 Å². The van der Waals surface area contributed by atoms with Crippen LogP contribution in [0.2, 0.25) is 0 Å². The average molecular weight is 302 g/mol. The Morgan fingerprint density at radius 2 is 1.95 bits per heavy atom. The number of likely N-dealkylation sites (tertiary alicyclic amines) is 1. The van der Waals surface area contributed by atoms with Crippen LogP contribution in [-0.2, 0) is 9.59 Å². The highest BCUT2D eigenvalue weighted by Crippen LogP contribution is 2.29. The number of carbonyl (C=O) groups excluding carboxylic acids is 2. The molecule has 0 saturated carbocycles.